The number of pyridine rings is 1. The van der Waals surface area contributed by atoms with Crippen molar-refractivity contribution in [2.45, 2.75) is 51.5 Å². The number of aromatic nitrogens is 1. The summed E-state index contributed by atoms with van der Waals surface area (Å²) in [5.74, 6) is 0.0239. The van der Waals surface area contributed by atoms with E-state index in [1.54, 1.807) is 23.8 Å². The molecule has 0 radical (unpaired) electrons. The maximum Gasteiger partial charge on any atom is 0.243 e. The van der Waals surface area contributed by atoms with Gasteiger partial charge < -0.3 is 15.8 Å². The van der Waals surface area contributed by atoms with Gasteiger partial charge in [-0.2, -0.15) is 0 Å². The molecule has 5 N–H and O–H groups in total. The van der Waals surface area contributed by atoms with E-state index in [2.05, 4.69) is 17.2 Å². The Morgan fingerprint density at radius 1 is 1.17 bits per heavy atom. The predicted molar refractivity (Wildman–Crippen MR) is 114 cm³/mol. The van der Waals surface area contributed by atoms with E-state index in [-0.39, 0.29) is 12.3 Å². The lowest BCUT2D eigenvalue weighted by Crippen LogP contribution is -2.37. The highest BCUT2D eigenvalue weighted by Crippen LogP contribution is 2.14. The number of hydroxylamine groups is 1. The second-order valence-corrected chi connectivity index (χ2v) is 7.07. The molecule has 8 heteroatoms. The largest absolute Gasteiger partial charge is 0.492 e. The van der Waals surface area contributed by atoms with E-state index in [4.69, 9.17) is 15.7 Å². The summed E-state index contributed by atoms with van der Waals surface area (Å²) in [6.45, 7) is 2.77. The quantitative estimate of drug-likeness (QED) is 0.240. The Bertz CT molecular complexity index is 794. The van der Waals surface area contributed by atoms with Crippen molar-refractivity contribution >= 4 is 17.5 Å². The van der Waals surface area contributed by atoms with Crippen LogP contribution in [0.3, 0.4) is 0 Å². The number of hydrogen-bond donors (Lipinski definition) is 4. The number of hydrogen-bond acceptors (Lipinski definition) is 6. The van der Waals surface area contributed by atoms with Crippen molar-refractivity contribution in [2.24, 2.45) is 5.73 Å². The van der Waals surface area contributed by atoms with E-state index in [0.29, 0.717) is 37.3 Å². The molecule has 2 amide bonds. The summed E-state index contributed by atoms with van der Waals surface area (Å²) in [5, 5.41) is 11.3. The number of nitrogens with two attached hydrogens (primary N) is 1. The minimum absolute atomic E-state index is 0.254. The molecule has 2 aromatic rings. The number of carbonyl (C=O) groups excluding carboxylic acids is 2. The van der Waals surface area contributed by atoms with Crippen molar-refractivity contribution in [1.82, 2.24) is 10.5 Å². The molecule has 30 heavy (non-hydrogen) atoms. The molecule has 0 saturated heterocycles. The molecule has 1 aromatic carbocycles. The monoisotopic (exact) mass is 414 g/mol. The second-order valence-electron chi connectivity index (χ2n) is 7.07. The van der Waals surface area contributed by atoms with Crippen LogP contribution in [-0.4, -0.2) is 34.7 Å². The number of carbonyl (C=O) groups is 2. The zero-order valence-corrected chi connectivity index (χ0v) is 17.3. The van der Waals surface area contributed by atoms with Gasteiger partial charge in [0, 0.05) is 24.2 Å². The Labute approximate surface area is 176 Å². The van der Waals surface area contributed by atoms with Crippen molar-refractivity contribution in [3.05, 3.63) is 53.9 Å². The highest BCUT2D eigenvalue weighted by Gasteiger charge is 2.15. The Morgan fingerprint density at radius 2 is 1.93 bits per heavy atom. The van der Waals surface area contributed by atoms with Gasteiger partial charge in [-0.3, -0.25) is 19.8 Å². The van der Waals surface area contributed by atoms with Gasteiger partial charge in [-0.05, 0) is 49.1 Å². The fraction of sp³-hybridized carbons (Fsp3) is 0.409. The zero-order valence-electron chi connectivity index (χ0n) is 17.3. The lowest BCUT2D eigenvalue weighted by Gasteiger charge is -2.13. The summed E-state index contributed by atoms with van der Waals surface area (Å²) in [7, 11) is 0. The average Bonchev–Trinajstić information content (AvgIpc) is 2.76. The van der Waals surface area contributed by atoms with Crippen LogP contribution in [0.2, 0.25) is 0 Å². The van der Waals surface area contributed by atoms with Crippen molar-refractivity contribution in [3.63, 3.8) is 0 Å². The van der Waals surface area contributed by atoms with Crippen molar-refractivity contribution in [1.29, 1.82) is 0 Å². The van der Waals surface area contributed by atoms with E-state index < -0.39 is 11.9 Å². The summed E-state index contributed by atoms with van der Waals surface area (Å²) < 4.78 is 5.58. The van der Waals surface area contributed by atoms with Crippen LogP contribution in [0, 0.1) is 0 Å². The number of unbranched alkanes of at least 4 members (excludes halogenated alkanes) is 1. The van der Waals surface area contributed by atoms with E-state index in [9.17, 15) is 9.59 Å². The molecule has 0 aliphatic rings. The summed E-state index contributed by atoms with van der Waals surface area (Å²) in [4.78, 5) is 27.7. The van der Waals surface area contributed by atoms with E-state index in [0.717, 1.165) is 24.1 Å². The Balaban J connectivity index is 1.78. The van der Waals surface area contributed by atoms with Gasteiger partial charge in [-0.25, -0.2) is 5.48 Å². The third kappa shape index (κ3) is 8.18. The number of amides is 2. The number of rotatable bonds is 12. The van der Waals surface area contributed by atoms with Gasteiger partial charge in [0.25, 0.3) is 0 Å². The first-order chi connectivity index (χ1) is 14.5. The van der Waals surface area contributed by atoms with Crippen LogP contribution in [-0.2, 0) is 22.4 Å². The number of anilines is 1. The molecule has 2 rings (SSSR count). The van der Waals surface area contributed by atoms with Crippen molar-refractivity contribution in [2.75, 3.05) is 11.9 Å². The lowest BCUT2D eigenvalue weighted by molar-refractivity contribution is -0.129. The maximum atomic E-state index is 12.4. The molecule has 0 saturated carbocycles. The summed E-state index contributed by atoms with van der Waals surface area (Å²) in [6.07, 6.45) is 5.62. The topological polar surface area (TPSA) is 127 Å². The molecule has 162 valence electrons. The van der Waals surface area contributed by atoms with E-state index >= 15 is 0 Å². The first-order valence-corrected chi connectivity index (χ1v) is 10.2. The summed E-state index contributed by atoms with van der Waals surface area (Å²) >= 11 is 0. The van der Waals surface area contributed by atoms with Gasteiger partial charge in [0.15, 0.2) is 0 Å². The van der Waals surface area contributed by atoms with Crippen LogP contribution in [0.25, 0.3) is 0 Å². The second kappa shape index (κ2) is 12.6. The van der Waals surface area contributed by atoms with Gasteiger partial charge in [-0.1, -0.05) is 25.5 Å². The molecule has 1 unspecified atom stereocenters. The Hall–Kier alpha value is -2.97. The standard InChI is InChI=1S/C22H30N4O4/c1-2-3-13-30-19-12-11-18(24-15-19)14-20(23)22(28)25-17-9-7-16(8-10-17)5-4-6-21(27)26-29/h7-12,15,20,29H,2-6,13-14,23H2,1H3,(H,25,28)(H,26,27). The van der Waals surface area contributed by atoms with Gasteiger partial charge in [0.1, 0.15) is 5.75 Å². The lowest BCUT2D eigenvalue weighted by atomic mass is 10.1. The molecule has 0 bridgehead atoms. The van der Waals surface area contributed by atoms with Crippen molar-refractivity contribution in [3.8, 4) is 5.75 Å². The molecule has 1 heterocycles. The summed E-state index contributed by atoms with van der Waals surface area (Å²) in [5.41, 5.74) is 10.1. The molecule has 0 aliphatic carbocycles. The first kappa shape index (κ1) is 23.3. The van der Waals surface area contributed by atoms with Crippen LogP contribution in [0.4, 0.5) is 5.69 Å². The number of aryl methyl sites for hydroxylation is 1. The van der Waals surface area contributed by atoms with E-state index in [1.165, 1.54) is 0 Å². The minimum Gasteiger partial charge on any atom is -0.492 e. The predicted octanol–water partition coefficient (Wildman–Crippen LogP) is 2.60. The zero-order chi connectivity index (χ0) is 21.8. The number of ether oxygens (including phenoxy) is 1. The van der Waals surface area contributed by atoms with Crippen molar-refractivity contribution < 1.29 is 19.5 Å². The van der Waals surface area contributed by atoms with Gasteiger partial charge in [-0.15, -0.1) is 0 Å². The molecule has 0 fully saturated rings. The van der Waals surface area contributed by atoms with Gasteiger partial charge in [0.2, 0.25) is 11.8 Å². The third-order valence-corrected chi connectivity index (χ3v) is 4.55. The SMILES string of the molecule is CCCCOc1ccc(CC(N)C(=O)Nc2ccc(CCCC(=O)NO)cc2)nc1. The molecule has 8 nitrogen and oxygen atoms in total. The van der Waals surface area contributed by atoms with Gasteiger partial charge >= 0.3 is 0 Å². The molecular formula is C22H30N4O4. The summed E-state index contributed by atoms with van der Waals surface area (Å²) in [6, 6.07) is 10.3. The molecule has 0 spiro atoms. The minimum atomic E-state index is -0.721. The van der Waals surface area contributed by atoms with Crippen LogP contribution in [0.5, 0.6) is 5.75 Å². The third-order valence-electron chi connectivity index (χ3n) is 4.55. The van der Waals surface area contributed by atoms with E-state index in [1.807, 2.05) is 24.3 Å². The smallest absolute Gasteiger partial charge is 0.243 e. The van der Waals surface area contributed by atoms with Crippen LogP contribution < -0.4 is 21.3 Å². The number of nitrogens with zero attached hydrogens (tertiary/aromatic N) is 1. The fourth-order valence-electron chi connectivity index (χ4n) is 2.77. The number of benzene rings is 1. The van der Waals surface area contributed by atoms with Crippen LogP contribution in [0.15, 0.2) is 42.6 Å². The van der Waals surface area contributed by atoms with Crippen LogP contribution >= 0.6 is 0 Å². The Morgan fingerprint density at radius 3 is 2.57 bits per heavy atom. The maximum absolute atomic E-state index is 12.4. The van der Waals surface area contributed by atoms with Gasteiger partial charge in [0.05, 0.1) is 18.8 Å². The Kier molecular flexibility index (Phi) is 9.76. The fourth-order valence-corrected chi connectivity index (χ4v) is 2.77. The molecular weight excluding hydrogens is 384 g/mol. The molecule has 1 atom stereocenters. The molecule has 1 aromatic heterocycles. The molecule has 0 aliphatic heterocycles. The normalized spacial score (nSPS) is 11.6. The average molecular weight is 415 g/mol. The highest BCUT2D eigenvalue weighted by molar-refractivity contribution is 5.94. The first-order valence-electron chi connectivity index (χ1n) is 10.2. The number of nitrogens with one attached hydrogen (secondary N) is 2. The highest BCUT2D eigenvalue weighted by atomic mass is 16.5. The van der Waals surface area contributed by atoms with Crippen LogP contribution in [0.1, 0.15) is 43.9 Å².